The lowest BCUT2D eigenvalue weighted by Gasteiger charge is -2.43. The van der Waals surface area contributed by atoms with Crippen LogP contribution >= 0.6 is 0 Å². The summed E-state index contributed by atoms with van der Waals surface area (Å²) in [4.78, 5) is 58.3. The minimum atomic E-state index is -1.55. The summed E-state index contributed by atoms with van der Waals surface area (Å²) in [5, 5.41) is 0. The summed E-state index contributed by atoms with van der Waals surface area (Å²) in [7, 11) is 3.24. The van der Waals surface area contributed by atoms with Gasteiger partial charge in [-0.15, -0.1) is 0 Å². The molecule has 4 heterocycles. The number of likely N-dealkylation sites (N-methyl/N-ethyl adjacent to an activating group) is 1. The molecule has 13 heteroatoms. The molecule has 5 rings (SSSR count). The Morgan fingerprint density at radius 1 is 0.907 bits per heavy atom. The molecule has 3 aliphatic rings. The number of hydrogen-bond acceptors (Lipinski definition) is 13. The van der Waals surface area contributed by atoms with Gasteiger partial charge in [-0.25, -0.2) is 9.78 Å². The number of nitrogens with zero attached hydrogens (tertiary/aromatic N) is 3. The number of methoxy groups -OCH3 is 1. The van der Waals surface area contributed by atoms with Crippen LogP contribution in [0.2, 0.25) is 0 Å². The van der Waals surface area contributed by atoms with Crippen molar-refractivity contribution in [2.24, 2.45) is 0 Å². The number of carbonyl (C=O) groups is 4. The Balaban J connectivity index is 1.51. The minimum absolute atomic E-state index is 0.133. The molecular weight excluding hydrogens is 562 g/mol. The molecule has 0 radical (unpaired) electrons. The summed E-state index contributed by atoms with van der Waals surface area (Å²) >= 11 is 0. The molecule has 3 aliphatic heterocycles. The average Bonchev–Trinajstić information content (AvgIpc) is 3.08. The number of anilines is 1. The molecule has 230 valence electrons. The van der Waals surface area contributed by atoms with Gasteiger partial charge in [0, 0.05) is 52.4 Å². The predicted molar refractivity (Wildman–Crippen MR) is 149 cm³/mol. The highest BCUT2D eigenvalue weighted by molar-refractivity contribution is 5.77. The van der Waals surface area contributed by atoms with Crippen LogP contribution in [-0.2, 0) is 49.3 Å². The fourth-order valence-electron chi connectivity index (χ4n) is 5.91. The van der Waals surface area contributed by atoms with Gasteiger partial charge in [-0.05, 0) is 24.2 Å². The smallest absolute Gasteiger partial charge is 0.339 e. The second-order valence-electron chi connectivity index (χ2n) is 10.8. The Labute approximate surface area is 248 Å². The molecule has 1 aromatic heterocycles. The fraction of sp³-hybridized carbons (Fsp3) is 0.500. The summed E-state index contributed by atoms with van der Waals surface area (Å²) in [5.41, 5.74) is 3.32. The maximum Gasteiger partial charge on any atom is 0.339 e. The number of fused-ring (bicyclic) bond motifs is 5. The normalized spacial score (nSPS) is 26.5. The van der Waals surface area contributed by atoms with Gasteiger partial charge in [0.05, 0.1) is 19.3 Å². The fourth-order valence-corrected chi connectivity index (χ4v) is 5.91. The standard InChI is InChI=1S/C30H35N3O10/c1-16(34)39-24-25(40-17(2)35)27(41-18(3)36)30(43-26(24)29(37)38-5)42-21-13-20-12-19-8-6-7-9-22(19)23-15-32(4)10-11-33(23)28(20)31-14-21/h6-9,13-14,23-27,30H,10-12,15H2,1-5H3/t23?,24-,25-,26-,27+,30+/m0/s1. The highest BCUT2D eigenvalue weighted by Gasteiger charge is 2.56. The van der Waals surface area contributed by atoms with Gasteiger partial charge in [0.2, 0.25) is 12.4 Å². The first kappa shape index (κ1) is 30.2. The Bertz CT molecular complexity index is 1400. The van der Waals surface area contributed by atoms with Gasteiger partial charge in [-0.1, -0.05) is 24.3 Å². The number of carbonyl (C=O) groups excluding carboxylic acids is 4. The summed E-state index contributed by atoms with van der Waals surface area (Å²) in [6.07, 6.45) is -5.21. The molecule has 43 heavy (non-hydrogen) atoms. The van der Waals surface area contributed by atoms with Crippen LogP contribution in [0.25, 0.3) is 0 Å². The van der Waals surface area contributed by atoms with E-state index in [4.69, 9.17) is 33.4 Å². The number of piperazine rings is 1. The van der Waals surface area contributed by atoms with E-state index in [0.29, 0.717) is 6.42 Å². The molecular formula is C30H35N3O10. The van der Waals surface area contributed by atoms with Gasteiger partial charge in [-0.2, -0.15) is 0 Å². The third kappa shape index (κ3) is 6.42. The van der Waals surface area contributed by atoms with Crippen LogP contribution in [0.3, 0.4) is 0 Å². The van der Waals surface area contributed by atoms with Gasteiger partial charge in [0.1, 0.15) is 11.6 Å². The van der Waals surface area contributed by atoms with Crippen molar-refractivity contribution in [1.82, 2.24) is 9.88 Å². The van der Waals surface area contributed by atoms with Crippen molar-refractivity contribution < 1.29 is 47.6 Å². The van der Waals surface area contributed by atoms with Gasteiger partial charge in [0.15, 0.2) is 18.3 Å². The Kier molecular flexibility index (Phi) is 8.83. The highest BCUT2D eigenvalue weighted by atomic mass is 16.7. The molecule has 1 aromatic carbocycles. The number of esters is 4. The molecule has 0 aliphatic carbocycles. The number of hydrogen-bond donors (Lipinski definition) is 0. The van der Waals surface area contributed by atoms with Crippen LogP contribution in [0.4, 0.5) is 5.82 Å². The lowest BCUT2D eigenvalue weighted by atomic mass is 9.96. The summed E-state index contributed by atoms with van der Waals surface area (Å²) in [6.45, 7) is 5.93. The van der Waals surface area contributed by atoms with Crippen molar-refractivity contribution in [3.05, 3.63) is 53.2 Å². The van der Waals surface area contributed by atoms with E-state index in [-0.39, 0.29) is 11.8 Å². The van der Waals surface area contributed by atoms with E-state index in [2.05, 4.69) is 29.0 Å². The van der Waals surface area contributed by atoms with Gasteiger partial charge >= 0.3 is 23.9 Å². The second-order valence-corrected chi connectivity index (χ2v) is 10.8. The minimum Gasteiger partial charge on any atom is -0.467 e. The van der Waals surface area contributed by atoms with Crippen LogP contribution in [0, 0.1) is 0 Å². The number of pyridine rings is 1. The first-order valence-electron chi connectivity index (χ1n) is 14.0. The number of ether oxygens (including phenoxy) is 6. The molecule has 6 atom stereocenters. The number of rotatable bonds is 6. The Hall–Kier alpha value is -4.23. The summed E-state index contributed by atoms with van der Waals surface area (Å²) < 4.78 is 33.2. The van der Waals surface area contributed by atoms with Crippen molar-refractivity contribution in [1.29, 1.82) is 0 Å². The Morgan fingerprint density at radius 2 is 1.58 bits per heavy atom. The monoisotopic (exact) mass is 597 g/mol. The lowest BCUT2D eigenvalue weighted by molar-refractivity contribution is -0.282. The van der Waals surface area contributed by atoms with E-state index in [0.717, 1.165) is 58.9 Å². The zero-order valence-corrected chi connectivity index (χ0v) is 24.7. The second kappa shape index (κ2) is 12.6. The molecule has 2 aromatic rings. The zero-order valence-electron chi connectivity index (χ0n) is 24.7. The van der Waals surface area contributed by atoms with Crippen LogP contribution in [0.5, 0.6) is 5.75 Å². The van der Waals surface area contributed by atoms with Crippen LogP contribution in [-0.4, -0.2) is 98.3 Å². The van der Waals surface area contributed by atoms with Crippen LogP contribution in [0.1, 0.15) is 43.5 Å². The molecule has 1 unspecified atom stereocenters. The van der Waals surface area contributed by atoms with Crippen LogP contribution in [0.15, 0.2) is 36.5 Å². The van der Waals surface area contributed by atoms with Crippen molar-refractivity contribution in [2.45, 2.75) is 63.9 Å². The van der Waals surface area contributed by atoms with Crippen molar-refractivity contribution in [3.8, 4) is 5.75 Å². The third-order valence-electron chi connectivity index (χ3n) is 7.66. The van der Waals surface area contributed by atoms with E-state index in [9.17, 15) is 19.2 Å². The van der Waals surface area contributed by atoms with E-state index in [1.807, 2.05) is 18.2 Å². The quantitative estimate of drug-likeness (QED) is 0.351. The lowest BCUT2D eigenvalue weighted by Crippen LogP contribution is -2.64. The predicted octanol–water partition coefficient (Wildman–Crippen LogP) is 1.55. The average molecular weight is 598 g/mol. The summed E-state index contributed by atoms with van der Waals surface area (Å²) in [5.74, 6) is -2.09. The zero-order chi connectivity index (χ0) is 30.8. The number of aromatic nitrogens is 1. The maximum atomic E-state index is 12.8. The topological polar surface area (TPSA) is 143 Å². The molecule has 2 fully saturated rings. The van der Waals surface area contributed by atoms with Crippen LogP contribution < -0.4 is 9.64 Å². The van der Waals surface area contributed by atoms with E-state index in [1.54, 1.807) is 0 Å². The Morgan fingerprint density at radius 3 is 2.28 bits per heavy atom. The third-order valence-corrected chi connectivity index (χ3v) is 7.66. The van der Waals surface area contributed by atoms with E-state index in [1.165, 1.54) is 17.3 Å². The molecule has 0 N–H and O–H groups in total. The first-order valence-corrected chi connectivity index (χ1v) is 14.0. The van der Waals surface area contributed by atoms with Crippen molar-refractivity contribution in [2.75, 3.05) is 38.7 Å². The van der Waals surface area contributed by atoms with Gasteiger partial charge < -0.3 is 38.2 Å². The molecule has 13 nitrogen and oxygen atoms in total. The van der Waals surface area contributed by atoms with Gasteiger partial charge in [-0.3, -0.25) is 14.4 Å². The molecule has 0 amide bonds. The molecule has 0 spiro atoms. The highest BCUT2D eigenvalue weighted by Crippen LogP contribution is 2.39. The molecule has 0 bridgehead atoms. The van der Waals surface area contributed by atoms with Crippen molar-refractivity contribution in [3.63, 3.8) is 0 Å². The SMILES string of the molecule is COC(=O)[C@H]1O[C@@H](Oc2cnc3c(c2)Cc2ccccc2C2CN(C)CCN32)[C@H](OC(C)=O)[C@@H](OC(C)=O)[C@@H]1OC(C)=O. The van der Waals surface area contributed by atoms with Gasteiger partial charge in [0.25, 0.3) is 0 Å². The van der Waals surface area contributed by atoms with E-state index < -0.39 is 54.6 Å². The first-order chi connectivity index (χ1) is 20.5. The van der Waals surface area contributed by atoms with Crippen molar-refractivity contribution >= 4 is 29.7 Å². The summed E-state index contributed by atoms with van der Waals surface area (Å²) in [6, 6.07) is 10.3. The largest absolute Gasteiger partial charge is 0.467 e. The van der Waals surface area contributed by atoms with E-state index >= 15 is 0 Å². The number of benzene rings is 1. The molecule has 2 saturated heterocycles. The molecule has 0 saturated carbocycles. The maximum absolute atomic E-state index is 12.8.